The number of hydrogen-bond acceptors (Lipinski definition) is 4. The van der Waals surface area contributed by atoms with Gasteiger partial charge in [0.15, 0.2) is 0 Å². The number of benzene rings is 1. The monoisotopic (exact) mass is 264 g/mol. The molecule has 0 heterocycles. The zero-order chi connectivity index (χ0) is 13.5. The van der Waals surface area contributed by atoms with E-state index in [2.05, 4.69) is 11.9 Å². The lowest BCUT2D eigenvalue weighted by Gasteiger charge is -2.09. The second-order valence-electron chi connectivity index (χ2n) is 3.48. The van der Waals surface area contributed by atoms with Crippen molar-refractivity contribution in [2.75, 3.05) is 18.5 Å². The normalized spacial score (nSPS) is 9.39. The molecule has 0 fully saturated rings. The van der Waals surface area contributed by atoms with Gasteiger partial charge in [-0.1, -0.05) is 18.2 Å². The summed E-state index contributed by atoms with van der Waals surface area (Å²) in [7, 11) is 0. The van der Waals surface area contributed by atoms with Gasteiger partial charge in [0.2, 0.25) is 0 Å². The SMILES string of the molecule is C=C(CNc1ccc(C#N)cc1Cl)C(=O)OCC. The quantitative estimate of drug-likeness (QED) is 0.656. The summed E-state index contributed by atoms with van der Waals surface area (Å²) in [4.78, 5) is 11.3. The van der Waals surface area contributed by atoms with Crippen molar-refractivity contribution in [3.63, 3.8) is 0 Å². The first-order valence-corrected chi connectivity index (χ1v) is 5.74. The number of hydrogen-bond donors (Lipinski definition) is 1. The Morgan fingerprint density at radius 2 is 2.33 bits per heavy atom. The minimum atomic E-state index is -0.435. The standard InChI is InChI=1S/C13H13ClN2O2/c1-3-18-13(17)9(2)8-16-12-5-4-10(7-15)6-11(12)14/h4-6,16H,2-3,8H2,1H3. The maximum atomic E-state index is 11.3. The molecule has 0 amide bonds. The van der Waals surface area contributed by atoms with Gasteiger partial charge in [-0.15, -0.1) is 0 Å². The Morgan fingerprint density at radius 3 is 2.89 bits per heavy atom. The van der Waals surface area contributed by atoms with Gasteiger partial charge in [0, 0.05) is 12.1 Å². The summed E-state index contributed by atoms with van der Waals surface area (Å²) in [6, 6.07) is 6.86. The van der Waals surface area contributed by atoms with Gasteiger partial charge in [0.05, 0.1) is 28.9 Å². The molecule has 1 aromatic rings. The van der Waals surface area contributed by atoms with E-state index >= 15 is 0 Å². The van der Waals surface area contributed by atoms with Gasteiger partial charge in [0.1, 0.15) is 0 Å². The third-order valence-corrected chi connectivity index (χ3v) is 2.47. The van der Waals surface area contributed by atoms with Gasteiger partial charge in [-0.05, 0) is 25.1 Å². The Balaban J connectivity index is 2.62. The van der Waals surface area contributed by atoms with Crippen molar-refractivity contribution < 1.29 is 9.53 Å². The zero-order valence-electron chi connectivity index (χ0n) is 10.00. The van der Waals surface area contributed by atoms with E-state index < -0.39 is 5.97 Å². The van der Waals surface area contributed by atoms with Crippen LogP contribution in [-0.2, 0) is 9.53 Å². The van der Waals surface area contributed by atoms with Gasteiger partial charge in [-0.2, -0.15) is 5.26 Å². The molecule has 0 saturated carbocycles. The fraction of sp³-hybridized carbons (Fsp3) is 0.231. The molecular formula is C13H13ClN2O2. The Bertz CT molecular complexity index is 506. The Hall–Kier alpha value is -1.99. The fourth-order valence-corrected chi connectivity index (χ4v) is 1.48. The Labute approximate surface area is 111 Å². The lowest BCUT2D eigenvalue weighted by atomic mass is 10.2. The van der Waals surface area contributed by atoms with Crippen LogP contribution in [0.1, 0.15) is 12.5 Å². The summed E-state index contributed by atoms with van der Waals surface area (Å²) in [6.07, 6.45) is 0. The van der Waals surface area contributed by atoms with Crippen molar-refractivity contribution in [3.05, 3.63) is 40.9 Å². The van der Waals surface area contributed by atoms with Crippen molar-refractivity contribution in [2.45, 2.75) is 6.92 Å². The molecule has 0 spiro atoms. The second-order valence-corrected chi connectivity index (χ2v) is 3.89. The van der Waals surface area contributed by atoms with Crippen LogP contribution in [0.3, 0.4) is 0 Å². The Kier molecular flexibility index (Phi) is 5.22. The number of anilines is 1. The molecule has 1 aromatic carbocycles. The van der Waals surface area contributed by atoms with E-state index in [1.165, 1.54) is 0 Å². The van der Waals surface area contributed by atoms with Crippen molar-refractivity contribution in [1.29, 1.82) is 5.26 Å². The van der Waals surface area contributed by atoms with Crippen LogP contribution in [0, 0.1) is 11.3 Å². The highest BCUT2D eigenvalue weighted by atomic mass is 35.5. The zero-order valence-corrected chi connectivity index (χ0v) is 10.8. The summed E-state index contributed by atoms with van der Waals surface area (Å²) < 4.78 is 4.80. The van der Waals surface area contributed by atoms with Gasteiger partial charge >= 0.3 is 5.97 Å². The molecule has 1 N–H and O–H groups in total. The van der Waals surface area contributed by atoms with Crippen molar-refractivity contribution >= 4 is 23.3 Å². The highest BCUT2D eigenvalue weighted by Gasteiger charge is 2.08. The van der Waals surface area contributed by atoms with E-state index in [1.807, 2.05) is 6.07 Å². The van der Waals surface area contributed by atoms with Gasteiger partial charge in [0.25, 0.3) is 0 Å². The predicted molar refractivity (Wildman–Crippen MR) is 70.4 cm³/mol. The van der Waals surface area contributed by atoms with Crippen LogP contribution < -0.4 is 5.32 Å². The number of nitrogens with zero attached hydrogens (tertiary/aromatic N) is 1. The van der Waals surface area contributed by atoms with Crippen molar-refractivity contribution in [1.82, 2.24) is 0 Å². The summed E-state index contributed by atoms with van der Waals surface area (Å²) in [6.45, 7) is 5.91. The van der Waals surface area contributed by atoms with Gasteiger partial charge < -0.3 is 10.1 Å². The number of halogens is 1. The molecule has 0 aromatic heterocycles. The van der Waals surface area contributed by atoms with Gasteiger partial charge in [-0.3, -0.25) is 0 Å². The van der Waals surface area contributed by atoms with E-state index in [0.29, 0.717) is 28.5 Å². The van der Waals surface area contributed by atoms with Crippen LogP contribution in [0.25, 0.3) is 0 Å². The number of ether oxygens (including phenoxy) is 1. The van der Waals surface area contributed by atoms with E-state index in [0.717, 1.165) is 0 Å². The van der Waals surface area contributed by atoms with Crippen LogP contribution >= 0.6 is 11.6 Å². The number of esters is 1. The van der Waals surface area contributed by atoms with Gasteiger partial charge in [-0.25, -0.2) is 4.79 Å². The lowest BCUT2D eigenvalue weighted by Crippen LogP contribution is -2.14. The van der Waals surface area contributed by atoms with Crippen molar-refractivity contribution in [3.8, 4) is 6.07 Å². The molecule has 1 rings (SSSR count). The molecule has 0 bridgehead atoms. The third kappa shape index (κ3) is 3.79. The van der Waals surface area contributed by atoms with Crippen LogP contribution in [0.15, 0.2) is 30.4 Å². The average Bonchev–Trinajstić information content (AvgIpc) is 2.37. The minimum Gasteiger partial charge on any atom is -0.463 e. The maximum Gasteiger partial charge on any atom is 0.335 e. The molecule has 0 aliphatic rings. The predicted octanol–water partition coefficient (Wildman–Crippen LogP) is 2.74. The Morgan fingerprint density at radius 1 is 1.61 bits per heavy atom. The number of carbonyl (C=O) groups excluding carboxylic acids is 1. The molecule has 4 nitrogen and oxygen atoms in total. The molecule has 0 aliphatic carbocycles. The minimum absolute atomic E-state index is 0.241. The van der Waals surface area contributed by atoms with Crippen LogP contribution in [0.5, 0.6) is 0 Å². The summed E-state index contributed by atoms with van der Waals surface area (Å²) >= 11 is 5.97. The third-order valence-electron chi connectivity index (χ3n) is 2.15. The van der Waals surface area contributed by atoms with Crippen LogP contribution in [0.2, 0.25) is 5.02 Å². The molecule has 0 atom stereocenters. The highest BCUT2D eigenvalue weighted by Crippen LogP contribution is 2.22. The summed E-state index contributed by atoms with van der Waals surface area (Å²) in [5, 5.41) is 12.1. The first-order valence-electron chi connectivity index (χ1n) is 5.37. The molecule has 94 valence electrons. The lowest BCUT2D eigenvalue weighted by molar-refractivity contribution is -0.138. The summed E-state index contributed by atoms with van der Waals surface area (Å²) in [5.74, 6) is -0.435. The molecule has 0 unspecified atom stereocenters. The topological polar surface area (TPSA) is 62.1 Å². The van der Waals surface area contributed by atoms with E-state index in [-0.39, 0.29) is 6.54 Å². The van der Waals surface area contributed by atoms with Crippen LogP contribution in [0.4, 0.5) is 5.69 Å². The smallest absolute Gasteiger partial charge is 0.335 e. The van der Waals surface area contributed by atoms with Crippen molar-refractivity contribution in [2.24, 2.45) is 0 Å². The molecular weight excluding hydrogens is 252 g/mol. The van der Waals surface area contributed by atoms with E-state index in [9.17, 15) is 4.79 Å². The molecule has 0 radical (unpaired) electrons. The summed E-state index contributed by atoms with van der Waals surface area (Å²) in [5.41, 5.74) is 1.44. The first kappa shape index (κ1) is 14.1. The maximum absolute atomic E-state index is 11.3. The number of rotatable bonds is 5. The van der Waals surface area contributed by atoms with E-state index in [4.69, 9.17) is 21.6 Å². The first-order chi connectivity index (χ1) is 8.58. The molecule has 18 heavy (non-hydrogen) atoms. The molecule has 0 saturated heterocycles. The largest absolute Gasteiger partial charge is 0.463 e. The van der Waals surface area contributed by atoms with Crippen LogP contribution in [-0.4, -0.2) is 19.1 Å². The average molecular weight is 265 g/mol. The number of carbonyl (C=O) groups is 1. The number of nitrogens with one attached hydrogen (secondary N) is 1. The highest BCUT2D eigenvalue weighted by molar-refractivity contribution is 6.33. The fourth-order valence-electron chi connectivity index (χ4n) is 1.24. The molecule has 5 heteroatoms. The number of nitriles is 1. The van der Waals surface area contributed by atoms with E-state index in [1.54, 1.807) is 25.1 Å². The molecule has 0 aliphatic heterocycles. The second kappa shape index (κ2) is 6.67.